The Hall–Kier alpha value is -0.970. The largest absolute Gasteiger partial charge is 0.335 e. The Morgan fingerprint density at radius 2 is 2.00 bits per heavy atom. The van der Waals surface area contributed by atoms with Crippen LogP contribution in [0.1, 0.15) is 36.0 Å². The quantitative estimate of drug-likeness (QED) is 0.769. The molecule has 5 heteroatoms. The van der Waals surface area contributed by atoms with Crippen LogP contribution in [0.15, 0.2) is 18.2 Å². The first kappa shape index (κ1) is 14.4. The van der Waals surface area contributed by atoms with E-state index in [4.69, 9.17) is 0 Å². The lowest BCUT2D eigenvalue weighted by molar-refractivity contribution is 0.0690. The van der Waals surface area contributed by atoms with Crippen LogP contribution in [0.25, 0.3) is 0 Å². The minimum absolute atomic E-state index is 0.146. The molecule has 19 heavy (non-hydrogen) atoms. The summed E-state index contributed by atoms with van der Waals surface area (Å²) in [4.78, 5) is 14.1. The van der Waals surface area contributed by atoms with Crippen molar-refractivity contribution in [2.45, 2.75) is 31.7 Å². The van der Waals surface area contributed by atoms with E-state index in [9.17, 15) is 13.6 Å². The molecule has 0 N–H and O–H groups in total. The lowest BCUT2D eigenvalue weighted by Gasteiger charge is -2.28. The van der Waals surface area contributed by atoms with E-state index < -0.39 is 17.5 Å². The number of hydrogen-bond acceptors (Lipinski definition) is 1. The van der Waals surface area contributed by atoms with Crippen LogP contribution in [-0.2, 0) is 0 Å². The number of carbonyl (C=O) groups is 1. The summed E-state index contributed by atoms with van der Waals surface area (Å²) in [6.07, 6.45) is 4.05. The summed E-state index contributed by atoms with van der Waals surface area (Å²) < 4.78 is 26.9. The molecule has 0 aliphatic heterocycles. The van der Waals surface area contributed by atoms with Gasteiger partial charge in [-0.15, -0.1) is 0 Å². The number of nitrogens with zero attached hydrogens (tertiary/aromatic N) is 1. The van der Waals surface area contributed by atoms with Crippen LogP contribution in [0.2, 0.25) is 0 Å². The monoisotopic (exact) mass is 331 g/mol. The number of benzene rings is 1. The Kier molecular flexibility index (Phi) is 4.91. The summed E-state index contributed by atoms with van der Waals surface area (Å²) in [7, 11) is 0. The number of alkyl halides is 1. The molecule has 0 atom stereocenters. The van der Waals surface area contributed by atoms with Crippen LogP contribution < -0.4 is 0 Å². The van der Waals surface area contributed by atoms with E-state index in [1.807, 2.05) is 0 Å². The fourth-order valence-electron chi connectivity index (χ4n) is 2.58. The molecule has 1 amide bonds. The summed E-state index contributed by atoms with van der Waals surface area (Å²) in [6, 6.07) is 3.88. The maximum atomic E-state index is 13.7. The molecule has 2 nitrogen and oxygen atoms in total. The maximum Gasteiger partial charge on any atom is 0.257 e. The third-order valence-electron chi connectivity index (χ3n) is 3.53. The minimum Gasteiger partial charge on any atom is -0.335 e. The minimum atomic E-state index is -1.05. The second-order valence-electron chi connectivity index (χ2n) is 4.73. The van der Waals surface area contributed by atoms with E-state index in [1.54, 1.807) is 4.90 Å². The number of halogens is 3. The number of hydrogen-bond donors (Lipinski definition) is 0. The first-order chi connectivity index (χ1) is 9.15. The standard InChI is InChI=1S/C14H16BrF2NO/c15-8-9-18(10-4-1-2-5-10)14(19)11-6-3-7-12(16)13(11)17/h3,6-7,10H,1-2,4-5,8-9H2. The van der Waals surface area contributed by atoms with E-state index in [2.05, 4.69) is 15.9 Å². The SMILES string of the molecule is O=C(c1cccc(F)c1F)N(CCBr)C1CCCC1. The summed E-state index contributed by atoms with van der Waals surface area (Å²) >= 11 is 3.31. The number of rotatable bonds is 4. The number of carbonyl (C=O) groups excluding carboxylic acids is 1. The van der Waals surface area contributed by atoms with E-state index in [0.29, 0.717) is 11.9 Å². The van der Waals surface area contributed by atoms with Crippen molar-refractivity contribution < 1.29 is 13.6 Å². The maximum absolute atomic E-state index is 13.7. The molecule has 0 radical (unpaired) electrons. The molecular formula is C14H16BrF2NO. The normalized spacial score (nSPS) is 15.7. The summed E-state index contributed by atoms with van der Waals surface area (Å²) in [5.74, 6) is -2.44. The van der Waals surface area contributed by atoms with Crippen molar-refractivity contribution in [1.82, 2.24) is 4.90 Å². The molecule has 1 aromatic rings. The van der Waals surface area contributed by atoms with Crippen molar-refractivity contribution in [2.24, 2.45) is 0 Å². The molecule has 2 rings (SSSR count). The highest BCUT2D eigenvalue weighted by atomic mass is 79.9. The highest BCUT2D eigenvalue weighted by Crippen LogP contribution is 2.25. The van der Waals surface area contributed by atoms with Gasteiger partial charge in [-0.1, -0.05) is 34.8 Å². The molecule has 1 fully saturated rings. The van der Waals surface area contributed by atoms with Crippen LogP contribution in [0.5, 0.6) is 0 Å². The number of amides is 1. The molecule has 1 saturated carbocycles. The zero-order valence-electron chi connectivity index (χ0n) is 10.5. The van der Waals surface area contributed by atoms with Crippen LogP contribution >= 0.6 is 15.9 Å². The molecule has 1 aliphatic carbocycles. The average molecular weight is 332 g/mol. The summed E-state index contributed by atoms with van der Waals surface area (Å²) in [6.45, 7) is 0.513. The molecule has 0 spiro atoms. The Bertz CT molecular complexity index is 461. The van der Waals surface area contributed by atoms with E-state index >= 15 is 0 Å². The summed E-state index contributed by atoms with van der Waals surface area (Å²) in [5, 5.41) is 0.631. The molecule has 0 bridgehead atoms. The third kappa shape index (κ3) is 3.14. The predicted molar refractivity (Wildman–Crippen MR) is 73.4 cm³/mol. The van der Waals surface area contributed by atoms with Crippen LogP contribution in [0, 0.1) is 11.6 Å². The predicted octanol–water partition coefficient (Wildman–Crippen LogP) is 3.74. The van der Waals surface area contributed by atoms with E-state index in [1.165, 1.54) is 12.1 Å². The molecule has 0 saturated heterocycles. The molecule has 1 aliphatic rings. The third-order valence-corrected chi connectivity index (χ3v) is 3.89. The van der Waals surface area contributed by atoms with E-state index in [-0.39, 0.29) is 11.6 Å². The Labute approximate surface area is 119 Å². The van der Waals surface area contributed by atoms with Gasteiger partial charge in [0.2, 0.25) is 0 Å². The topological polar surface area (TPSA) is 20.3 Å². The highest BCUT2D eigenvalue weighted by Gasteiger charge is 2.28. The fourth-order valence-corrected chi connectivity index (χ4v) is 2.96. The van der Waals surface area contributed by atoms with Crippen LogP contribution in [0.4, 0.5) is 8.78 Å². The fraction of sp³-hybridized carbons (Fsp3) is 0.500. The van der Waals surface area contributed by atoms with Gasteiger partial charge in [-0.2, -0.15) is 0 Å². The first-order valence-corrected chi connectivity index (χ1v) is 7.58. The van der Waals surface area contributed by atoms with Gasteiger partial charge in [0.1, 0.15) is 0 Å². The highest BCUT2D eigenvalue weighted by molar-refractivity contribution is 9.09. The van der Waals surface area contributed by atoms with Gasteiger partial charge < -0.3 is 4.90 Å². The first-order valence-electron chi connectivity index (χ1n) is 6.46. The lowest BCUT2D eigenvalue weighted by Crippen LogP contribution is -2.40. The smallest absolute Gasteiger partial charge is 0.257 e. The van der Waals surface area contributed by atoms with Crippen molar-refractivity contribution in [3.63, 3.8) is 0 Å². The molecule has 104 valence electrons. The van der Waals surface area contributed by atoms with Gasteiger partial charge >= 0.3 is 0 Å². The van der Waals surface area contributed by atoms with Gasteiger partial charge in [-0.05, 0) is 25.0 Å². The molecule has 0 unspecified atom stereocenters. The van der Waals surface area contributed by atoms with Crippen LogP contribution in [-0.4, -0.2) is 28.7 Å². The van der Waals surface area contributed by atoms with Crippen molar-refractivity contribution >= 4 is 21.8 Å². The van der Waals surface area contributed by atoms with Gasteiger partial charge in [0.05, 0.1) is 5.56 Å². The van der Waals surface area contributed by atoms with E-state index in [0.717, 1.165) is 31.7 Å². The molecule has 1 aromatic carbocycles. The van der Waals surface area contributed by atoms with Gasteiger partial charge in [0.15, 0.2) is 11.6 Å². The zero-order chi connectivity index (χ0) is 13.8. The van der Waals surface area contributed by atoms with Crippen molar-refractivity contribution in [3.05, 3.63) is 35.4 Å². The Balaban J connectivity index is 2.25. The van der Waals surface area contributed by atoms with Crippen molar-refractivity contribution in [1.29, 1.82) is 0 Å². The molecular weight excluding hydrogens is 316 g/mol. The van der Waals surface area contributed by atoms with Gasteiger partial charge in [-0.3, -0.25) is 4.79 Å². The second kappa shape index (κ2) is 6.46. The Morgan fingerprint density at radius 3 is 2.63 bits per heavy atom. The summed E-state index contributed by atoms with van der Waals surface area (Å²) in [5.41, 5.74) is -0.173. The Morgan fingerprint density at radius 1 is 1.32 bits per heavy atom. The zero-order valence-corrected chi connectivity index (χ0v) is 12.1. The second-order valence-corrected chi connectivity index (χ2v) is 5.52. The van der Waals surface area contributed by atoms with Crippen LogP contribution in [0.3, 0.4) is 0 Å². The van der Waals surface area contributed by atoms with Crippen molar-refractivity contribution in [3.8, 4) is 0 Å². The molecule has 0 aromatic heterocycles. The molecule has 0 heterocycles. The van der Waals surface area contributed by atoms with Crippen molar-refractivity contribution in [2.75, 3.05) is 11.9 Å². The average Bonchev–Trinajstić information content (AvgIpc) is 2.92. The van der Waals surface area contributed by atoms with Gasteiger partial charge in [0, 0.05) is 17.9 Å². The van der Waals surface area contributed by atoms with Gasteiger partial charge in [-0.25, -0.2) is 8.78 Å². The lowest BCUT2D eigenvalue weighted by atomic mass is 10.1. The van der Waals surface area contributed by atoms with Gasteiger partial charge in [0.25, 0.3) is 5.91 Å².